The van der Waals surface area contributed by atoms with E-state index in [4.69, 9.17) is 11.6 Å². The van der Waals surface area contributed by atoms with E-state index in [0.29, 0.717) is 16.9 Å². The zero-order valence-electron chi connectivity index (χ0n) is 12.4. The van der Waals surface area contributed by atoms with Crippen molar-refractivity contribution in [3.05, 3.63) is 58.7 Å². The van der Waals surface area contributed by atoms with Crippen LogP contribution < -0.4 is 0 Å². The van der Waals surface area contributed by atoms with Crippen LogP contribution in [0.3, 0.4) is 0 Å². The molecule has 1 heterocycles. The van der Waals surface area contributed by atoms with E-state index < -0.39 is 0 Å². The minimum absolute atomic E-state index is 0.460. The van der Waals surface area contributed by atoms with Gasteiger partial charge in [0.15, 0.2) is 5.82 Å². The highest BCUT2D eigenvalue weighted by atomic mass is 35.5. The summed E-state index contributed by atoms with van der Waals surface area (Å²) in [5.74, 6) is 1.13. The zero-order valence-corrected chi connectivity index (χ0v) is 13.1. The maximum atomic E-state index is 6.38. The third-order valence-corrected chi connectivity index (χ3v) is 3.90. The molecule has 0 amide bonds. The van der Waals surface area contributed by atoms with Gasteiger partial charge in [-0.25, -0.2) is 9.97 Å². The van der Waals surface area contributed by atoms with E-state index in [2.05, 4.69) is 55.0 Å². The van der Waals surface area contributed by atoms with Gasteiger partial charge in [0.2, 0.25) is 0 Å². The first kappa shape index (κ1) is 14.0. The SMILES string of the molecule is Cc1cccc(-c2nc(Cl)c3cc(C(C)C)ccc3n2)c1. The van der Waals surface area contributed by atoms with Crippen LogP contribution in [0.15, 0.2) is 42.5 Å². The Hall–Kier alpha value is -1.93. The highest BCUT2D eigenvalue weighted by Crippen LogP contribution is 2.28. The highest BCUT2D eigenvalue weighted by molar-refractivity contribution is 6.34. The van der Waals surface area contributed by atoms with E-state index in [1.54, 1.807) is 0 Å². The standard InChI is InChI=1S/C18H17ClN2/c1-11(2)13-7-8-16-15(10-13)17(19)21-18(20-16)14-6-4-5-12(3)9-14/h4-11H,1-3H3. The van der Waals surface area contributed by atoms with Crippen LogP contribution in [0, 0.1) is 6.92 Å². The molecule has 0 unspecified atom stereocenters. The number of nitrogens with zero attached hydrogens (tertiary/aromatic N) is 2. The van der Waals surface area contributed by atoms with Crippen LogP contribution in [0.1, 0.15) is 30.9 Å². The second-order valence-corrected chi connectivity index (χ2v) is 6.00. The minimum atomic E-state index is 0.460. The molecule has 2 nitrogen and oxygen atoms in total. The van der Waals surface area contributed by atoms with Gasteiger partial charge in [0.1, 0.15) is 5.15 Å². The topological polar surface area (TPSA) is 25.8 Å². The van der Waals surface area contributed by atoms with Crippen LogP contribution in [0.25, 0.3) is 22.3 Å². The van der Waals surface area contributed by atoms with Gasteiger partial charge in [-0.2, -0.15) is 0 Å². The Balaban J connectivity index is 2.18. The fourth-order valence-corrected chi connectivity index (χ4v) is 2.61. The number of aromatic nitrogens is 2. The summed E-state index contributed by atoms with van der Waals surface area (Å²) in [4.78, 5) is 9.12. The molecule has 3 aromatic rings. The van der Waals surface area contributed by atoms with Gasteiger partial charge in [0.05, 0.1) is 5.52 Å². The molecule has 0 bridgehead atoms. The van der Waals surface area contributed by atoms with Crippen LogP contribution in [-0.4, -0.2) is 9.97 Å². The van der Waals surface area contributed by atoms with Gasteiger partial charge in [-0.15, -0.1) is 0 Å². The normalized spacial score (nSPS) is 11.3. The lowest BCUT2D eigenvalue weighted by Crippen LogP contribution is -1.94. The number of hydrogen-bond acceptors (Lipinski definition) is 2. The molecule has 2 aromatic carbocycles. The first-order valence-electron chi connectivity index (χ1n) is 7.09. The fourth-order valence-electron chi connectivity index (χ4n) is 2.38. The highest BCUT2D eigenvalue weighted by Gasteiger charge is 2.10. The zero-order chi connectivity index (χ0) is 15.0. The Morgan fingerprint density at radius 3 is 2.52 bits per heavy atom. The predicted molar refractivity (Wildman–Crippen MR) is 88.8 cm³/mol. The van der Waals surface area contributed by atoms with Crippen molar-refractivity contribution in [3.63, 3.8) is 0 Å². The first-order chi connectivity index (χ1) is 10.0. The van der Waals surface area contributed by atoms with Crippen molar-refractivity contribution in [1.82, 2.24) is 9.97 Å². The van der Waals surface area contributed by atoms with Gasteiger partial charge >= 0.3 is 0 Å². The molecule has 1 aromatic heterocycles. The summed E-state index contributed by atoms with van der Waals surface area (Å²) in [6, 6.07) is 14.4. The lowest BCUT2D eigenvalue weighted by atomic mass is 10.0. The summed E-state index contributed by atoms with van der Waals surface area (Å²) < 4.78 is 0. The number of hydrogen-bond donors (Lipinski definition) is 0. The molecular weight excluding hydrogens is 280 g/mol. The Morgan fingerprint density at radius 1 is 1.00 bits per heavy atom. The van der Waals surface area contributed by atoms with Crippen LogP contribution >= 0.6 is 11.6 Å². The molecule has 0 spiro atoms. The molecule has 0 N–H and O–H groups in total. The third-order valence-electron chi connectivity index (χ3n) is 3.62. The largest absolute Gasteiger partial charge is 0.228 e. The molecule has 0 radical (unpaired) electrons. The Labute approximate surface area is 129 Å². The molecule has 0 aliphatic carbocycles. The minimum Gasteiger partial charge on any atom is -0.228 e. The van der Waals surface area contributed by atoms with Gasteiger partial charge in [-0.05, 0) is 36.6 Å². The maximum Gasteiger partial charge on any atom is 0.161 e. The van der Waals surface area contributed by atoms with Gasteiger partial charge in [0, 0.05) is 10.9 Å². The van der Waals surface area contributed by atoms with Gasteiger partial charge in [-0.1, -0.05) is 55.3 Å². The second kappa shape index (κ2) is 5.45. The van der Waals surface area contributed by atoms with Crippen molar-refractivity contribution < 1.29 is 0 Å². The van der Waals surface area contributed by atoms with Crippen molar-refractivity contribution >= 4 is 22.5 Å². The Kier molecular flexibility index (Phi) is 3.64. The van der Waals surface area contributed by atoms with Gasteiger partial charge in [0.25, 0.3) is 0 Å². The summed E-state index contributed by atoms with van der Waals surface area (Å²) in [6.07, 6.45) is 0. The molecule has 3 heteroatoms. The number of halogens is 1. The van der Waals surface area contributed by atoms with Crippen LogP contribution in [0.4, 0.5) is 0 Å². The van der Waals surface area contributed by atoms with Crippen molar-refractivity contribution in [2.45, 2.75) is 26.7 Å². The van der Waals surface area contributed by atoms with Crippen molar-refractivity contribution in [2.75, 3.05) is 0 Å². The molecule has 106 valence electrons. The summed E-state index contributed by atoms with van der Waals surface area (Å²) >= 11 is 6.38. The molecular formula is C18H17ClN2. The van der Waals surface area contributed by atoms with E-state index in [1.807, 2.05) is 18.2 Å². The number of rotatable bonds is 2. The summed E-state index contributed by atoms with van der Waals surface area (Å²) in [5.41, 5.74) is 4.31. The van der Waals surface area contributed by atoms with E-state index in [9.17, 15) is 0 Å². The smallest absolute Gasteiger partial charge is 0.161 e. The van der Waals surface area contributed by atoms with Crippen molar-refractivity contribution in [3.8, 4) is 11.4 Å². The second-order valence-electron chi connectivity index (χ2n) is 5.64. The Morgan fingerprint density at radius 2 is 1.81 bits per heavy atom. The summed E-state index contributed by atoms with van der Waals surface area (Å²) in [5, 5.41) is 1.43. The number of aryl methyl sites for hydroxylation is 1. The van der Waals surface area contributed by atoms with Gasteiger partial charge < -0.3 is 0 Å². The van der Waals surface area contributed by atoms with Crippen molar-refractivity contribution in [1.29, 1.82) is 0 Å². The average Bonchev–Trinajstić information content (AvgIpc) is 2.46. The van der Waals surface area contributed by atoms with E-state index in [1.165, 1.54) is 11.1 Å². The molecule has 0 aliphatic rings. The molecule has 0 fully saturated rings. The van der Waals surface area contributed by atoms with E-state index >= 15 is 0 Å². The first-order valence-corrected chi connectivity index (χ1v) is 7.46. The fraction of sp³-hybridized carbons (Fsp3) is 0.222. The van der Waals surface area contributed by atoms with Gasteiger partial charge in [-0.3, -0.25) is 0 Å². The molecule has 0 aliphatic heterocycles. The lowest BCUT2D eigenvalue weighted by Gasteiger charge is -2.09. The number of fused-ring (bicyclic) bond motifs is 1. The summed E-state index contributed by atoms with van der Waals surface area (Å²) in [7, 11) is 0. The molecule has 21 heavy (non-hydrogen) atoms. The van der Waals surface area contributed by atoms with Crippen LogP contribution in [0.2, 0.25) is 5.15 Å². The predicted octanol–water partition coefficient (Wildman–Crippen LogP) is 5.38. The number of benzene rings is 2. The molecule has 0 saturated carbocycles. The van der Waals surface area contributed by atoms with E-state index in [0.717, 1.165) is 16.5 Å². The quantitative estimate of drug-likeness (QED) is 0.593. The van der Waals surface area contributed by atoms with Crippen molar-refractivity contribution in [2.24, 2.45) is 0 Å². The van der Waals surface area contributed by atoms with E-state index in [-0.39, 0.29) is 0 Å². The Bertz CT molecular complexity index is 809. The van der Waals surface area contributed by atoms with Crippen LogP contribution in [-0.2, 0) is 0 Å². The molecule has 0 saturated heterocycles. The monoisotopic (exact) mass is 296 g/mol. The summed E-state index contributed by atoms with van der Waals surface area (Å²) in [6.45, 7) is 6.38. The molecule has 3 rings (SSSR count). The maximum absolute atomic E-state index is 6.38. The van der Waals surface area contributed by atoms with Crippen LogP contribution in [0.5, 0.6) is 0 Å². The average molecular weight is 297 g/mol. The lowest BCUT2D eigenvalue weighted by molar-refractivity contribution is 0.868. The third kappa shape index (κ3) is 2.77. The molecule has 0 atom stereocenters.